The average Bonchev–Trinajstić information content (AvgIpc) is 2.98. The molecule has 15 heteroatoms. The summed E-state index contributed by atoms with van der Waals surface area (Å²) in [5, 5.41) is 47.8. The van der Waals surface area contributed by atoms with E-state index in [1.54, 1.807) is 6.92 Å². The Bertz CT molecular complexity index is 1040. The number of hydrogen-bond donors (Lipinski definition) is 7. The molecule has 9 unspecified atom stereocenters. The normalized spacial score (nSPS) is 17.0. The van der Waals surface area contributed by atoms with Gasteiger partial charge in [-0.1, -0.05) is 59.3 Å². The Labute approximate surface area is 289 Å². The molecule has 0 saturated heterocycles. The Morgan fingerprint density at radius 2 is 1.12 bits per heavy atom. The lowest BCUT2D eigenvalue weighted by atomic mass is 9.87. The largest absolute Gasteiger partial charge is 0.481 e. The van der Waals surface area contributed by atoms with Crippen molar-refractivity contribution in [3.63, 3.8) is 0 Å². The highest BCUT2D eigenvalue weighted by Gasteiger charge is 2.37. The second kappa shape index (κ2) is 24.8. The van der Waals surface area contributed by atoms with E-state index in [-0.39, 0.29) is 24.4 Å². The van der Waals surface area contributed by atoms with Gasteiger partial charge in [-0.25, -0.2) is 0 Å². The minimum atomic E-state index is -1.56. The number of aliphatic hydroxyl groups is 1. The standard InChI is InChI=1S/C34H60N2O13/c1-5-6-11-21(3)32(49-31(43)19-24(34(46)47)17-29(40)41)27(48-30(42)18-23(33(44)45)16-28(38)39)15-20(2)14-25(37)12-9-7-8-10-13-26(36)22(4)35/h20-27,32,37H,5-19,35-36H2,1-4H3,(H,38,39)(H,40,41)(H,44,45)(H,46,47). The van der Waals surface area contributed by atoms with Gasteiger partial charge in [-0.15, -0.1) is 0 Å². The fourth-order valence-electron chi connectivity index (χ4n) is 5.68. The van der Waals surface area contributed by atoms with Crippen molar-refractivity contribution < 1.29 is 63.8 Å². The summed E-state index contributed by atoms with van der Waals surface area (Å²) in [5.41, 5.74) is 11.8. The molecule has 0 aliphatic heterocycles. The summed E-state index contributed by atoms with van der Waals surface area (Å²) in [6, 6.07) is -0.136. The summed E-state index contributed by atoms with van der Waals surface area (Å²) in [6.07, 6.45) is 1.19. The van der Waals surface area contributed by atoms with E-state index >= 15 is 0 Å². The lowest BCUT2D eigenvalue weighted by Crippen LogP contribution is -2.42. The molecule has 0 bridgehead atoms. The number of aliphatic carboxylic acids is 4. The number of carboxylic acids is 4. The molecule has 0 aromatic carbocycles. The van der Waals surface area contributed by atoms with Gasteiger partial charge in [0, 0.05) is 12.1 Å². The van der Waals surface area contributed by atoms with Crippen LogP contribution >= 0.6 is 0 Å². The second-order valence-corrected chi connectivity index (χ2v) is 13.5. The molecule has 0 amide bonds. The minimum Gasteiger partial charge on any atom is -0.481 e. The SMILES string of the molecule is CCCCC(C)C(OC(=O)CC(CC(=O)O)C(=O)O)C(CC(C)CC(O)CCCCCCC(N)C(C)N)OC(=O)CC(CC(=O)O)C(=O)O. The van der Waals surface area contributed by atoms with Crippen molar-refractivity contribution in [1.29, 1.82) is 0 Å². The maximum atomic E-state index is 13.0. The van der Waals surface area contributed by atoms with Gasteiger partial charge in [0.25, 0.3) is 0 Å². The molecule has 0 aliphatic rings. The van der Waals surface area contributed by atoms with Crippen molar-refractivity contribution in [1.82, 2.24) is 0 Å². The highest BCUT2D eigenvalue weighted by atomic mass is 16.6. The number of rotatable bonds is 29. The Balaban J connectivity index is 5.94. The van der Waals surface area contributed by atoms with Crippen molar-refractivity contribution in [3.8, 4) is 0 Å². The molecule has 0 fully saturated rings. The molecule has 49 heavy (non-hydrogen) atoms. The molecule has 0 rings (SSSR count). The third-order valence-corrected chi connectivity index (χ3v) is 8.67. The van der Waals surface area contributed by atoms with Gasteiger partial charge in [-0.3, -0.25) is 28.8 Å². The topological polar surface area (TPSA) is 274 Å². The molecule has 0 radical (unpaired) electrons. The van der Waals surface area contributed by atoms with Crippen LogP contribution in [-0.2, 0) is 38.2 Å². The van der Waals surface area contributed by atoms with E-state index in [1.165, 1.54) is 0 Å². The molecule has 0 heterocycles. The number of carbonyl (C=O) groups is 6. The number of ether oxygens (including phenoxy) is 2. The highest BCUT2D eigenvalue weighted by Crippen LogP contribution is 2.29. The van der Waals surface area contributed by atoms with Crippen LogP contribution in [0.15, 0.2) is 0 Å². The van der Waals surface area contributed by atoms with Crippen LogP contribution in [0.1, 0.15) is 124 Å². The van der Waals surface area contributed by atoms with Crippen LogP contribution in [0.5, 0.6) is 0 Å². The van der Waals surface area contributed by atoms with Gasteiger partial charge >= 0.3 is 35.8 Å². The number of carboxylic acid groups (broad SMARTS) is 4. The van der Waals surface area contributed by atoms with Crippen LogP contribution in [0.25, 0.3) is 0 Å². The molecular weight excluding hydrogens is 644 g/mol. The number of unbranched alkanes of at least 4 members (excludes halogenated alkanes) is 4. The molecule has 284 valence electrons. The number of esters is 2. The number of aliphatic hydroxyl groups excluding tert-OH is 1. The summed E-state index contributed by atoms with van der Waals surface area (Å²) < 4.78 is 11.5. The monoisotopic (exact) mass is 704 g/mol. The third kappa shape index (κ3) is 21.4. The molecule has 0 aliphatic carbocycles. The van der Waals surface area contributed by atoms with Gasteiger partial charge in [-0.05, 0) is 50.9 Å². The lowest BCUT2D eigenvalue weighted by Gasteiger charge is -2.33. The van der Waals surface area contributed by atoms with Gasteiger partial charge in [-0.2, -0.15) is 0 Å². The molecule has 0 aromatic heterocycles. The van der Waals surface area contributed by atoms with Crippen molar-refractivity contribution in [3.05, 3.63) is 0 Å². The zero-order chi connectivity index (χ0) is 37.7. The first kappa shape index (κ1) is 45.7. The van der Waals surface area contributed by atoms with E-state index < -0.39 is 97.6 Å². The van der Waals surface area contributed by atoms with Crippen LogP contribution in [-0.4, -0.2) is 91.7 Å². The fourth-order valence-corrected chi connectivity index (χ4v) is 5.68. The smallest absolute Gasteiger partial charge is 0.307 e. The molecule has 0 spiro atoms. The van der Waals surface area contributed by atoms with Crippen molar-refractivity contribution in [2.24, 2.45) is 35.1 Å². The predicted octanol–water partition coefficient (Wildman–Crippen LogP) is 3.56. The second-order valence-electron chi connectivity index (χ2n) is 13.5. The van der Waals surface area contributed by atoms with Crippen molar-refractivity contribution in [2.45, 2.75) is 154 Å². The first-order valence-electron chi connectivity index (χ1n) is 17.3. The maximum Gasteiger partial charge on any atom is 0.307 e. The van der Waals surface area contributed by atoms with E-state index in [1.807, 2.05) is 20.8 Å². The van der Waals surface area contributed by atoms with E-state index in [9.17, 15) is 44.1 Å². The highest BCUT2D eigenvalue weighted by molar-refractivity contribution is 5.83. The van der Waals surface area contributed by atoms with E-state index in [0.29, 0.717) is 25.7 Å². The van der Waals surface area contributed by atoms with Gasteiger partial charge in [0.2, 0.25) is 0 Å². The van der Waals surface area contributed by atoms with E-state index in [4.69, 9.17) is 31.2 Å². The molecule has 15 nitrogen and oxygen atoms in total. The van der Waals surface area contributed by atoms with Gasteiger partial charge in [0.05, 0.1) is 43.6 Å². The summed E-state index contributed by atoms with van der Waals surface area (Å²) in [5.74, 6) is -11.7. The van der Waals surface area contributed by atoms with Crippen molar-refractivity contribution >= 4 is 35.8 Å². The van der Waals surface area contributed by atoms with Gasteiger partial charge < -0.3 is 46.5 Å². The Hall–Kier alpha value is -3.30. The van der Waals surface area contributed by atoms with E-state index in [0.717, 1.165) is 38.5 Å². The van der Waals surface area contributed by atoms with Crippen LogP contribution in [0.2, 0.25) is 0 Å². The molecule has 9 atom stereocenters. The molecule has 0 saturated carbocycles. The van der Waals surface area contributed by atoms with Crippen LogP contribution in [0.3, 0.4) is 0 Å². The first-order valence-corrected chi connectivity index (χ1v) is 17.3. The van der Waals surface area contributed by atoms with Gasteiger partial charge in [0.15, 0.2) is 0 Å². The zero-order valence-electron chi connectivity index (χ0n) is 29.5. The fraction of sp³-hybridized carbons (Fsp3) is 0.824. The van der Waals surface area contributed by atoms with Crippen LogP contribution in [0.4, 0.5) is 0 Å². The summed E-state index contributed by atoms with van der Waals surface area (Å²) in [4.78, 5) is 71.6. The lowest BCUT2D eigenvalue weighted by molar-refractivity contribution is -0.177. The Morgan fingerprint density at radius 1 is 0.633 bits per heavy atom. The predicted molar refractivity (Wildman–Crippen MR) is 178 cm³/mol. The first-order chi connectivity index (χ1) is 22.9. The van der Waals surface area contributed by atoms with Crippen LogP contribution < -0.4 is 11.5 Å². The quantitative estimate of drug-likeness (QED) is 0.0433. The summed E-state index contributed by atoms with van der Waals surface area (Å²) in [6.45, 7) is 7.38. The molecular formula is C34H60N2O13. The summed E-state index contributed by atoms with van der Waals surface area (Å²) >= 11 is 0. The average molecular weight is 705 g/mol. The maximum absolute atomic E-state index is 13.0. The zero-order valence-corrected chi connectivity index (χ0v) is 29.5. The van der Waals surface area contributed by atoms with Gasteiger partial charge in [0.1, 0.15) is 12.2 Å². The third-order valence-electron chi connectivity index (χ3n) is 8.67. The molecule has 9 N–H and O–H groups in total. The Morgan fingerprint density at radius 3 is 1.57 bits per heavy atom. The van der Waals surface area contributed by atoms with Crippen LogP contribution in [0, 0.1) is 23.7 Å². The minimum absolute atomic E-state index is 0.0585. The number of nitrogens with two attached hydrogens (primary N) is 2. The van der Waals surface area contributed by atoms with Crippen molar-refractivity contribution in [2.75, 3.05) is 0 Å². The van der Waals surface area contributed by atoms with E-state index in [2.05, 4.69) is 0 Å². The Kier molecular flexibility index (Phi) is 23.1. The molecule has 0 aromatic rings. The number of hydrogen-bond acceptors (Lipinski definition) is 11. The summed E-state index contributed by atoms with van der Waals surface area (Å²) in [7, 11) is 0. The number of carbonyl (C=O) groups excluding carboxylic acids is 2.